The average Bonchev–Trinajstić information content (AvgIpc) is 2.72. The Morgan fingerprint density at radius 3 is 2.21 bits per heavy atom. The molecule has 1 unspecified atom stereocenters. The quantitative estimate of drug-likeness (QED) is 0.437. The highest BCUT2D eigenvalue weighted by Crippen LogP contribution is 2.39. The van der Waals surface area contributed by atoms with Crippen LogP contribution >= 0.6 is 0 Å². The van der Waals surface area contributed by atoms with Gasteiger partial charge in [0.2, 0.25) is 0 Å². The van der Waals surface area contributed by atoms with Gasteiger partial charge in [-0.3, -0.25) is 0 Å². The Labute approximate surface area is 175 Å². The van der Waals surface area contributed by atoms with E-state index in [1.54, 1.807) is 7.11 Å². The van der Waals surface area contributed by atoms with Gasteiger partial charge in [0, 0.05) is 0 Å². The summed E-state index contributed by atoms with van der Waals surface area (Å²) < 4.78 is 12.0. The minimum absolute atomic E-state index is 0.00614. The second-order valence-electron chi connectivity index (χ2n) is 8.67. The average molecular weight is 389 g/mol. The van der Waals surface area contributed by atoms with Gasteiger partial charge in [0.05, 0.1) is 7.11 Å². The van der Waals surface area contributed by atoms with Gasteiger partial charge in [-0.15, -0.1) is 0 Å². The minimum Gasteiger partial charge on any atom is -0.496 e. The molecule has 0 aromatic heterocycles. The highest BCUT2D eigenvalue weighted by atomic mass is 16.5. The Bertz CT molecular complexity index is 923. The van der Waals surface area contributed by atoms with E-state index in [2.05, 4.69) is 82.3 Å². The fourth-order valence-corrected chi connectivity index (χ4v) is 3.74. The molecule has 0 amide bonds. The van der Waals surface area contributed by atoms with E-state index in [0.29, 0.717) is 12.5 Å². The van der Waals surface area contributed by atoms with Gasteiger partial charge < -0.3 is 9.47 Å². The standard InChI is InChI=1S/C27H32O2/c1-20(18-22-14-9-10-17-25(22)28-5)23-15-11-16-24(27(2,3)4)26(23)29-19-21-12-7-6-8-13-21/h6-17,20H,18-19H2,1-5H3. The van der Waals surface area contributed by atoms with E-state index in [1.165, 1.54) is 22.3 Å². The van der Waals surface area contributed by atoms with Crippen molar-refractivity contribution in [2.75, 3.05) is 7.11 Å². The van der Waals surface area contributed by atoms with Crippen LogP contribution in [0.1, 0.15) is 55.9 Å². The summed E-state index contributed by atoms with van der Waals surface area (Å²) in [5, 5.41) is 0. The summed E-state index contributed by atoms with van der Waals surface area (Å²) in [7, 11) is 1.73. The Hall–Kier alpha value is -2.74. The van der Waals surface area contributed by atoms with Gasteiger partial charge in [0.25, 0.3) is 0 Å². The summed E-state index contributed by atoms with van der Waals surface area (Å²) in [6.45, 7) is 9.57. The van der Waals surface area contributed by atoms with Crippen LogP contribution in [0.2, 0.25) is 0 Å². The van der Waals surface area contributed by atoms with Crippen molar-refractivity contribution in [3.8, 4) is 11.5 Å². The number of hydrogen-bond donors (Lipinski definition) is 0. The van der Waals surface area contributed by atoms with Gasteiger partial charge in [0.1, 0.15) is 18.1 Å². The third kappa shape index (κ3) is 5.20. The summed E-state index contributed by atoms with van der Waals surface area (Å²) in [6.07, 6.45) is 0.902. The zero-order valence-corrected chi connectivity index (χ0v) is 18.2. The predicted molar refractivity (Wildman–Crippen MR) is 121 cm³/mol. The lowest BCUT2D eigenvalue weighted by Gasteiger charge is -2.27. The van der Waals surface area contributed by atoms with Crippen molar-refractivity contribution in [2.45, 2.75) is 52.1 Å². The van der Waals surface area contributed by atoms with Gasteiger partial charge in [-0.2, -0.15) is 0 Å². The maximum atomic E-state index is 6.47. The summed E-state index contributed by atoms with van der Waals surface area (Å²) in [4.78, 5) is 0. The van der Waals surface area contributed by atoms with Crippen LogP contribution in [-0.4, -0.2) is 7.11 Å². The molecule has 0 N–H and O–H groups in total. The summed E-state index contributed by atoms with van der Waals surface area (Å²) in [6, 6.07) is 25.2. The monoisotopic (exact) mass is 388 g/mol. The molecule has 2 nitrogen and oxygen atoms in total. The van der Waals surface area contributed by atoms with Crippen molar-refractivity contribution in [1.82, 2.24) is 0 Å². The summed E-state index contributed by atoms with van der Waals surface area (Å²) >= 11 is 0. The zero-order valence-electron chi connectivity index (χ0n) is 18.2. The molecule has 0 radical (unpaired) electrons. The first-order chi connectivity index (χ1) is 13.9. The molecule has 0 bridgehead atoms. The van der Waals surface area contributed by atoms with Gasteiger partial charge in [-0.05, 0) is 46.1 Å². The number of benzene rings is 3. The number of hydrogen-bond acceptors (Lipinski definition) is 2. The van der Waals surface area contributed by atoms with Crippen LogP contribution in [0.15, 0.2) is 72.8 Å². The second-order valence-corrected chi connectivity index (χ2v) is 8.67. The number of para-hydroxylation sites is 2. The topological polar surface area (TPSA) is 18.5 Å². The number of methoxy groups -OCH3 is 1. The lowest BCUT2D eigenvalue weighted by atomic mass is 9.82. The van der Waals surface area contributed by atoms with Gasteiger partial charge >= 0.3 is 0 Å². The zero-order chi connectivity index (χ0) is 20.9. The molecule has 3 rings (SSSR count). The molecular formula is C27H32O2. The lowest BCUT2D eigenvalue weighted by Crippen LogP contribution is -2.16. The summed E-state index contributed by atoms with van der Waals surface area (Å²) in [5.74, 6) is 2.27. The van der Waals surface area contributed by atoms with Crippen LogP contribution in [0.3, 0.4) is 0 Å². The Balaban J connectivity index is 1.94. The number of rotatable bonds is 7. The first-order valence-corrected chi connectivity index (χ1v) is 10.3. The van der Waals surface area contributed by atoms with Crippen LogP contribution in [0.25, 0.3) is 0 Å². The van der Waals surface area contributed by atoms with Crippen molar-refractivity contribution in [3.05, 3.63) is 95.1 Å². The van der Waals surface area contributed by atoms with E-state index in [0.717, 1.165) is 17.9 Å². The molecule has 0 heterocycles. The third-order valence-electron chi connectivity index (χ3n) is 5.33. The smallest absolute Gasteiger partial charge is 0.127 e. The van der Waals surface area contributed by atoms with Crippen LogP contribution in [0.5, 0.6) is 11.5 Å². The van der Waals surface area contributed by atoms with E-state index in [4.69, 9.17) is 9.47 Å². The molecule has 0 aliphatic heterocycles. The molecule has 3 aromatic carbocycles. The molecule has 0 fully saturated rings. The minimum atomic E-state index is 0.00614. The van der Waals surface area contributed by atoms with Crippen molar-refractivity contribution in [2.24, 2.45) is 0 Å². The molecule has 0 spiro atoms. The van der Waals surface area contributed by atoms with Crippen LogP contribution in [-0.2, 0) is 18.4 Å². The van der Waals surface area contributed by atoms with Crippen LogP contribution in [0.4, 0.5) is 0 Å². The molecule has 29 heavy (non-hydrogen) atoms. The Morgan fingerprint density at radius 1 is 0.828 bits per heavy atom. The Morgan fingerprint density at radius 2 is 1.52 bits per heavy atom. The third-order valence-corrected chi connectivity index (χ3v) is 5.33. The molecule has 3 aromatic rings. The van der Waals surface area contributed by atoms with Crippen molar-refractivity contribution in [1.29, 1.82) is 0 Å². The maximum absolute atomic E-state index is 6.47. The van der Waals surface area contributed by atoms with E-state index in [9.17, 15) is 0 Å². The van der Waals surface area contributed by atoms with Gasteiger partial charge in [-0.25, -0.2) is 0 Å². The van der Waals surface area contributed by atoms with E-state index in [1.807, 2.05) is 18.2 Å². The van der Waals surface area contributed by atoms with Crippen molar-refractivity contribution in [3.63, 3.8) is 0 Å². The molecule has 2 heteroatoms. The SMILES string of the molecule is COc1ccccc1CC(C)c1cccc(C(C)(C)C)c1OCc1ccccc1. The fraction of sp³-hybridized carbons (Fsp3) is 0.333. The second kappa shape index (κ2) is 9.17. The Kier molecular flexibility index (Phi) is 6.64. The summed E-state index contributed by atoms with van der Waals surface area (Å²) in [5.41, 5.74) is 4.90. The van der Waals surface area contributed by atoms with Gasteiger partial charge in [0.15, 0.2) is 0 Å². The van der Waals surface area contributed by atoms with E-state index >= 15 is 0 Å². The molecule has 0 aliphatic carbocycles. The first-order valence-electron chi connectivity index (χ1n) is 10.3. The maximum Gasteiger partial charge on any atom is 0.127 e. The molecule has 0 saturated carbocycles. The largest absolute Gasteiger partial charge is 0.496 e. The number of ether oxygens (including phenoxy) is 2. The predicted octanol–water partition coefficient (Wildman–Crippen LogP) is 6.92. The molecule has 0 saturated heterocycles. The molecule has 0 aliphatic rings. The van der Waals surface area contributed by atoms with E-state index in [-0.39, 0.29) is 5.41 Å². The lowest BCUT2D eigenvalue weighted by molar-refractivity contribution is 0.292. The molecule has 1 atom stereocenters. The van der Waals surface area contributed by atoms with Crippen molar-refractivity contribution >= 4 is 0 Å². The molecule has 152 valence electrons. The highest BCUT2D eigenvalue weighted by molar-refractivity contribution is 5.48. The highest BCUT2D eigenvalue weighted by Gasteiger charge is 2.24. The van der Waals surface area contributed by atoms with Crippen LogP contribution in [0, 0.1) is 0 Å². The van der Waals surface area contributed by atoms with Crippen LogP contribution < -0.4 is 9.47 Å². The molecular weight excluding hydrogens is 356 g/mol. The first kappa shape index (κ1) is 21.0. The van der Waals surface area contributed by atoms with Gasteiger partial charge in [-0.1, -0.05) is 94.4 Å². The van der Waals surface area contributed by atoms with Crippen molar-refractivity contribution < 1.29 is 9.47 Å². The van der Waals surface area contributed by atoms with E-state index < -0.39 is 0 Å². The fourth-order valence-electron chi connectivity index (χ4n) is 3.74. The normalized spacial score (nSPS) is 12.4.